The molecule has 1 N–H and O–H groups in total. The van der Waals surface area contributed by atoms with Crippen molar-refractivity contribution >= 4 is 23.1 Å². The Morgan fingerprint density at radius 2 is 1.93 bits per heavy atom. The SMILES string of the molecule is CNc1ccc(Cl)cc1C(=O)C(C)(C)C. The average Bonchev–Trinajstić information content (AvgIpc) is 2.15. The second-order valence-corrected chi connectivity index (χ2v) is 4.96. The summed E-state index contributed by atoms with van der Waals surface area (Å²) in [6.45, 7) is 5.70. The Bertz CT molecular complexity index is 380. The van der Waals surface area contributed by atoms with Gasteiger partial charge in [-0.25, -0.2) is 0 Å². The summed E-state index contributed by atoms with van der Waals surface area (Å²) in [7, 11) is 1.79. The van der Waals surface area contributed by atoms with E-state index < -0.39 is 5.41 Å². The molecule has 0 amide bonds. The van der Waals surface area contributed by atoms with E-state index in [0.717, 1.165) is 5.69 Å². The van der Waals surface area contributed by atoms with Gasteiger partial charge in [0.2, 0.25) is 0 Å². The number of carbonyl (C=O) groups excluding carboxylic acids is 1. The third-order valence-corrected chi connectivity index (χ3v) is 2.41. The summed E-state index contributed by atoms with van der Waals surface area (Å²) in [6, 6.07) is 5.30. The first kappa shape index (κ1) is 12.1. The monoisotopic (exact) mass is 225 g/mol. The van der Waals surface area contributed by atoms with Crippen LogP contribution in [-0.4, -0.2) is 12.8 Å². The van der Waals surface area contributed by atoms with Crippen LogP contribution in [0.2, 0.25) is 5.02 Å². The zero-order valence-electron chi connectivity index (χ0n) is 9.52. The van der Waals surface area contributed by atoms with Gasteiger partial charge in [-0.3, -0.25) is 4.79 Å². The van der Waals surface area contributed by atoms with Crippen molar-refractivity contribution in [3.63, 3.8) is 0 Å². The largest absolute Gasteiger partial charge is 0.388 e. The maximum atomic E-state index is 12.1. The number of Topliss-reactive ketones (excluding diaryl/α,β-unsaturated/α-hetero) is 1. The van der Waals surface area contributed by atoms with Crippen molar-refractivity contribution in [1.29, 1.82) is 0 Å². The van der Waals surface area contributed by atoms with Gasteiger partial charge in [0, 0.05) is 28.7 Å². The highest BCUT2D eigenvalue weighted by Crippen LogP contribution is 2.28. The Morgan fingerprint density at radius 3 is 2.40 bits per heavy atom. The molecular formula is C12H16ClNO. The van der Waals surface area contributed by atoms with Gasteiger partial charge in [0.15, 0.2) is 5.78 Å². The van der Waals surface area contributed by atoms with E-state index in [1.807, 2.05) is 26.8 Å². The van der Waals surface area contributed by atoms with Crippen LogP contribution in [0.25, 0.3) is 0 Å². The zero-order valence-corrected chi connectivity index (χ0v) is 10.3. The summed E-state index contributed by atoms with van der Waals surface area (Å²) in [6.07, 6.45) is 0. The van der Waals surface area contributed by atoms with E-state index in [2.05, 4.69) is 5.32 Å². The van der Waals surface area contributed by atoms with Gasteiger partial charge in [0.1, 0.15) is 0 Å². The molecule has 0 atom stereocenters. The molecule has 82 valence electrons. The molecule has 0 aliphatic rings. The van der Waals surface area contributed by atoms with Gasteiger partial charge in [0.05, 0.1) is 0 Å². The Morgan fingerprint density at radius 1 is 1.33 bits per heavy atom. The average molecular weight is 226 g/mol. The van der Waals surface area contributed by atoms with Crippen LogP contribution < -0.4 is 5.32 Å². The maximum Gasteiger partial charge on any atom is 0.170 e. The lowest BCUT2D eigenvalue weighted by atomic mass is 9.86. The van der Waals surface area contributed by atoms with E-state index in [9.17, 15) is 4.79 Å². The highest BCUT2D eigenvalue weighted by molar-refractivity contribution is 6.31. The van der Waals surface area contributed by atoms with E-state index in [4.69, 9.17) is 11.6 Å². The topological polar surface area (TPSA) is 29.1 Å². The van der Waals surface area contributed by atoms with Crippen molar-refractivity contribution in [2.24, 2.45) is 5.41 Å². The van der Waals surface area contributed by atoms with Crippen molar-refractivity contribution in [3.05, 3.63) is 28.8 Å². The molecule has 0 spiro atoms. The molecule has 0 saturated carbocycles. The minimum Gasteiger partial charge on any atom is -0.388 e. The van der Waals surface area contributed by atoms with Gasteiger partial charge >= 0.3 is 0 Å². The molecule has 0 fully saturated rings. The number of halogens is 1. The van der Waals surface area contributed by atoms with E-state index >= 15 is 0 Å². The van der Waals surface area contributed by atoms with Crippen LogP contribution in [0.5, 0.6) is 0 Å². The van der Waals surface area contributed by atoms with Crippen LogP contribution in [0.4, 0.5) is 5.69 Å². The van der Waals surface area contributed by atoms with Gasteiger partial charge in [-0.05, 0) is 18.2 Å². The van der Waals surface area contributed by atoms with Crippen LogP contribution in [-0.2, 0) is 0 Å². The summed E-state index contributed by atoms with van der Waals surface area (Å²) in [4.78, 5) is 12.1. The van der Waals surface area contributed by atoms with Gasteiger partial charge in [-0.2, -0.15) is 0 Å². The lowest BCUT2D eigenvalue weighted by Gasteiger charge is -2.19. The molecular weight excluding hydrogens is 210 g/mol. The number of hydrogen-bond donors (Lipinski definition) is 1. The van der Waals surface area contributed by atoms with E-state index in [0.29, 0.717) is 10.6 Å². The molecule has 0 saturated heterocycles. The van der Waals surface area contributed by atoms with Crippen LogP contribution >= 0.6 is 11.6 Å². The highest BCUT2D eigenvalue weighted by Gasteiger charge is 2.25. The minimum absolute atomic E-state index is 0.0920. The first-order valence-corrected chi connectivity index (χ1v) is 5.26. The summed E-state index contributed by atoms with van der Waals surface area (Å²) in [5.41, 5.74) is 1.08. The van der Waals surface area contributed by atoms with Crippen molar-refractivity contribution < 1.29 is 4.79 Å². The van der Waals surface area contributed by atoms with Gasteiger partial charge in [0.25, 0.3) is 0 Å². The number of benzene rings is 1. The Kier molecular flexibility index (Phi) is 3.40. The fourth-order valence-electron chi connectivity index (χ4n) is 1.33. The third kappa shape index (κ3) is 2.72. The van der Waals surface area contributed by atoms with Crippen LogP contribution in [0.1, 0.15) is 31.1 Å². The molecule has 2 nitrogen and oxygen atoms in total. The molecule has 0 bridgehead atoms. The normalized spacial score (nSPS) is 11.3. The van der Waals surface area contributed by atoms with E-state index in [1.54, 1.807) is 19.2 Å². The Hall–Kier alpha value is -1.02. The molecule has 0 aliphatic carbocycles. The number of hydrogen-bond acceptors (Lipinski definition) is 2. The van der Waals surface area contributed by atoms with Gasteiger partial charge in [-0.1, -0.05) is 32.4 Å². The molecule has 0 aliphatic heterocycles. The fourth-order valence-corrected chi connectivity index (χ4v) is 1.50. The predicted octanol–water partition coefficient (Wildman–Crippen LogP) is 3.61. The molecule has 0 radical (unpaired) electrons. The number of anilines is 1. The third-order valence-electron chi connectivity index (χ3n) is 2.18. The number of rotatable bonds is 2. The molecule has 0 unspecified atom stereocenters. The molecule has 3 heteroatoms. The van der Waals surface area contributed by atoms with Crippen molar-refractivity contribution in [1.82, 2.24) is 0 Å². The molecule has 15 heavy (non-hydrogen) atoms. The zero-order chi connectivity index (χ0) is 11.6. The first-order chi connectivity index (χ1) is 6.86. The Balaban J connectivity index is 3.23. The summed E-state index contributed by atoms with van der Waals surface area (Å²) in [5, 5.41) is 3.58. The standard InChI is InChI=1S/C12H16ClNO/c1-12(2,3)11(15)9-7-8(13)5-6-10(9)14-4/h5-7,14H,1-4H3. The predicted molar refractivity (Wildman–Crippen MR) is 64.8 cm³/mol. The molecule has 0 heterocycles. The summed E-state index contributed by atoms with van der Waals surface area (Å²) < 4.78 is 0. The van der Waals surface area contributed by atoms with Crippen molar-refractivity contribution in [3.8, 4) is 0 Å². The number of ketones is 1. The molecule has 1 aromatic rings. The smallest absolute Gasteiger partial charge is 0.170 e. The maximum absolute atomic E-state index is 12.1. The van der Waals surface area contributed by atoms with E-state index in [-0.39, 0.29) is 5.78 Å². The lowest BCUT2D eigenvalue weighted by Crippen LogP contribution is -2.21. The number of carbonyl (C=O) groups is 1. The van der Waals surface area contributed by atoms with Gasteiger partial charge in [-0.15, -0.1) is 0 Å². The fraction of sp³-hybridized carbons (Fsp3) is 0.417. The molecule has 0 aromatic heterocycles. The van der Waals surface area contributed by atoms with Gasteiger partial charge < -0.3 is 5.32 Å². The highest BCUT2D eigenvalue weighted by atomic mass is 35.5. The lowest BCUT2D eigenvalue weighted by molar-refractivity contribution is 0.0859. The number of nitrogens with one attached hydrogen (secondary N) is 1. The van der Waals surface area contributed by atoms with Crippen molar-refractivity contribution in [2.75, 3.05) is 12.4 Å². The van der Waals surface area contributed by atoms with Crippen LogP contribution in [0.3, 0.4) is 0 Å². The molecule has 1 rings (SSSR count). The minimum atomic E-state index is -0.393. The first-order valence-electron chi connectivity index (χ1n) is 4.88. The quantitative estimate of drug-likeness (QED) is 0.780. The van der Waals surface area contributed by atoms with E-state index in [1.165, 1.54) is 0 Å². The van der Waals surface area contributed by atoms with Crippen molar-refractivity contribution in [2.45, 2.75) is 20.8 Å². The van der Waals surface area contributed by atoms with Crippen LogP contribution in [0, 0.1) is 5.41 Å². The summed E-state index contributed by atoms with van der Waals surface area (Å²) >= 11 is 5.89. The Labute approximate surface area is 95.6 Å². The second-order valence-electron chi connectivity index (χ2n) is 4.52. The van der Waals surface area contributed by atoms with Crippen LogP contribution in [0.15, 0.2) is 18.2 Å². The molecule has 1 aromatic carbocycles. The summed E-state index contributed by atoms with van der Waals surface area (Å²) in [5.74, 6) is 0.0920. The second kappa shape index (κ2) is 4.23.